The minimum absolute atomic E-state index is 0.364. The predicted octanol–water partition coefficient (Wildman–Crippen LogP) is 4.64. The zero-order valence-corrected chi connectivity index (χ0v) is 18.1. The molecule has 0 saturated carbocycles. The lowest BCUT2D eigenvalue weighted by molar-refractivity contribution is -0.123. The summed E-state index contributed by atoms with van der Waals surface area (Å²) in [5.74, 6) is -0.275. The Hall–Kier alpha value is -3.41. The second-order valence-corrected chi connectivity index (χ2v) is 8.10. The lowest BCUT2D eigenvalue weighted by Crippen LogP contribution is -2.31. The Morgan fingerprint density at radius 1 is 1.06 bits per heavy atom. The molecule has 1 saturated heterocycles. The van der Waals surface area contributed by atoms with Crippen molar-refractivity contribution >= 4 is 34.3 Å². The van der Waals surface area contributed by atoms with Crippen LogP contribution >= 0.6 is 0 Å². The zero-order valence-electron chi connectivity index (χ0n) is 18.1. The Morgan fingerprint density at radius 2 is 1.81 bits per heavy atom. The molecule has 1 aliphatic heterocycles. The van der Waals surface area contributed by atoms with E-state index in [4.69, 9.17) is 9.72 Å². The molecule has 1 aromatic heterocycles. The number of carbonyl (C=O) groups is 2. The van der Waals surface area contributed by atoms with Crippen LogP contribution in [0.2, 0.25) is 0 Å². The lowest BCUT2D eigenvalue weighted by atomic mass is 10.1. The molecule has 0 spiro atoms. The maximum atomic E-state index is 13.1. The van der Waals surface area contributed by atoms with E-state index >= 15 is 0 Å². The summed E-state index contributed by atoms with van der Waals surface area (Å²) >= 11 is 0. The summed E-state index contributed by atoms with van der Waals surface area (Å²) < 4.78 is 5.57. The maximum absolute atomic E-state index is 13.1. The molecule has 4 rings (SSSR count). The number of aryl methyl sites for hydroxylation is 2. The molecule has 1 N–H and O–H groups in total. The van der Waals surface area contributed by atoms with E-state index in [0.29, 0.717) is 17.1 Å². The van der Waals surface area contributed by atoms with Gasteiger partial charge >= 0.3 is 5.97 Å². The number of rotatable bonds is 5. The molecule has 6 heteroatoms. The standard InChI is InChI=1S/C25H27N3O3/c1-16-10-11-21(17(2)14-16)27-24(29)18(3)31-25(30)20-15-19-8-4-5-9-22(19)26-23(20)28-12-6-7-13-28/h4-5,8-11,14-15,18H,6-7,12-13H2,1-3H3,(H,27,29). The van der Waals surface area contributed by atoms with Gasteiger partial charge in [0.25, 0.3) is 5.91 Å². The highest BCUT2D eigenvalue weighted by atomic mass is 16.5. The van der Waals surface area contributed by atoms with Crippen LogP contribution in [-0.4, -0.2) is 36.1 Å². The smallest absolute Gasteiger partial charge is 0.342 e. The fourth-order valence-corrected chi connectivity index (χ4v) is 3.89. The number of hydrogen-bond donors (Lipinski definition) is 1. The topological polar surface area (TPSA) is 71.5 Å². The molecule has 0 radical (unpaired) electrons. The van der Waals surface area contributed by atoms with Gasteiger partial charge in [-0.1, -0.05) is 35.9 Å². The number of amides is 1. The summed E-state index contributed by atoms with van der Waals surface area (Å²) in [4.78, 5) is 32.6. The van der Waals surface area contributed by atoms with Crippen LogP contribution in [0.3, 0.4) is 0 Å². The minimum atomic E-state index is -0.939. The first-order valence-corrected chi connectivity index (χ1v) is 10.7. The number of anilines is 2. The van der Waals surface area contributed by atoms with Gasteiger partial charge in [0, 0.05) is 24.2 Å². The molecule has 2 aromatic carbocycles. The van der Waals surface area contributed by atoms with Crippen LogP contribution in [0.5, 0.6) is 0 Å². The fourth-order valence-electron chi connectivity index (χ4n) is 3.89. The number of nitrogens with one attached hydrogen (secondary N) is 1. The largest absolute Gasteiger partial charge is 0.449 e. The second kappa shape index (κ2) is 8.76. The molecule has 2 heterocycles. The number of aromatic nitrogens is 1. The number of nitrogens with zero attached hydrogens (tertiary/aromatic N) is 2. The van der Waals surface area contributed by atoms with Crippen molar-refractivity contribution in [3.05, 3.63) is 65.2 Å². The Labute approximate surface area is 182 Å². The van der Waals surface area contributed by atoms with Crippen LogP contribution < -0.4 is 10.2 Å². The highest BCUT2D eigenvalue weighted by Crippen LogP contribution is 2.27. The predicted molar refractivity (Wildman–Crippen MR) is 123 cm³/mol. The van der Waals surface area contributed by atoms with Gasteiger partial charge in [0.1, 0.15) is 11.4 Å². The van der Waals surface area contributed by atoms with Gasteiger partial charge in [-0.25, -0.2) is 9.78 Å². The van der Waals surface area contributed by atoms with E-state index in [1.54, 1.807) is 6.92 Å². The van der Waals surface area contributed by atoms with Gasteiger partial charge in [0.05, 0.1) is 5.52 Å². The third-order valence-electron chi connectivity index (χ3n) is 5.62. The summed E-state index contributed by atoms with van der Waals surface area (Å²) in [7, 11) is 0. The van der Waals surface area contributed by atoms with Gasteiger partial charge in [-0.15, -0.1) is 0 Å². The van der Waals surface area contributed by atoms with Crippen LogP contribution in [0.25, 0.3) is 10.9 Å². The maximum Gasteiger partial charge on any atom is 0.342 e. The summed E-state index contributed by atoms with van der Waals surface area (Å²) in [6.45, 7) is 7.23. The van der Waals surface area contributed by atoms with Crippen molar-refractivity contribution in [1.29, 1.82) is 0 Å². The van der Waals surface area contributed by atoms with Crippen LogP contribution in [0.15, 0.2) is 48.5 Å². The molecule has 31 heavy (non-hydrogen) atoms. The molecular formula is C25H27N3O3. The van der Waals surface area contributed by atoms with E-state index in [1.807, 2.05) is 62.4 Å². The number of carbonyl (C=O) groups excluding carboxylic acids is 2. The van der Waals surface area contributed by atoms with E-state index in [-0.39, 0.29) is 5.91 Å². The molecule has 1 aliphatic rings. The molecule has 0 aliphatic carbocycles. The minimum Gasteiger partial charge on any atom is -0.449 e. The van der Waals surface area contributed by atoms with E-state index in [1.165, 1.54) is 0 Å². The number of hydrogen-bond acceptors (Lipinski definition) is 5. The molecule has 1 fully saturated rings. The molecule has 160 valence electrons. The van der Waals surface area contributed by atoms with Crippen LogP contribution in [0, 0.1) is 13.8 Å². The van der Waals surface area contributed by atoms with E-state index < -0.39 is 12.1 Å². The summed E-state index contributed by atoms with van der Waals surface area (Å²) in [6.07, 6.45) is 1.20. The fraction of sp³-hybridized carbons (Fsp3) is 0.320. The molecule has 6 nitrogen and oxygen atoms in total. The average molecular weight is 418 g/mol. The van der Waals surface area contributed by atoms with Gasteiger partial charge in [-0.05, 0) is 57.4 Å². The quantitative estimate of drug-likeness (QED) is 0.613. The van der Waals surface area contributed by atoms with Crippen molar-refractivity contribution < 1.29 is 14.3 Å². The monoisotopic (exact) mass is 417 g/mol. The normalized spacial score (nSPS) is 14.5. The summed E-state index contributed by atoms with van der Waals surface area (Å²) in [6, 6.07) is 15.3. The van der Waals surface area contributed by atoms with E-state index in [2.05, 4.69) is 10.2 Å². The Bertz CT molecular complexity index is 1140. The molecular weight excluding hydrogens is 390 g/mol. The molecule has 0 bridgehead atoms. The van der Waals surface area contributed by atoms with Crippen LogP contribution in [0.4, 0.5) is 11.5 Å². The summed E-state index contributed by atoms with van der Waals surface area (Å²) in [5, 5.41) is 3.72. The first-order chi connectivity index (χ1) is 14.9. The first kappa shape index (κ1) is 20.8. The number of fused-ring (bicyclic) bond motifs is 1. The number of para-hydroxylation sites is 1. The van der Waals surface area contributed by atoms with Crippen molar-refractivity contribution in [3.8, 4) is 0 Å². The van der Waals surface area contributed by atoms with Gasteiger partial charge in [-0.2, -0.15) is 0 Å². The van der Waals surface area contributed by atoms with Crippen molar-refractivity contribution in [2.24, 2.45) is 0 Å². The number of pyridine rings is 1. The Balaban J connectivity index is 1.55. The van der Waals surface area contributed by atoms with Crippen molar-refractivity contribution in [1.82, 2.24) is 4.98 Å². The van der Waals surface area contributed by atoms with E-state index in [0.717, 1.165) is 48.0 Å². The number of esters is 1. The van der Waals surface area contributed by atoms with Crippen LogP contribution in [-0.2, 0) is 9.53 Å². The number of benzene rings is 2. The van der Waals surface area contributed by atoms with Gasteiger partial charge < -0.3 is 15.0 Å². The Kier molecular flexibility index (Phi) is 5.89. The van der Waals surface area contributed by atoms with Gasteiger partial charge in [-0.3, -0.25) is 4.79 Å². The molecule has 1 unspecified atom stereocenters. The third kappa shape index (κ3) is 4.53. The first-order valence-electron chi connectivity index (χ1n) is 10.7. The lowest BCUT2D eigenvalue weighted by Gasteiger charge is -2.21. The van der Waals surface area contributed by atoms with Gasteiger partial charge in [0.15, 0.2) is 6.10 Å². The van der Waals surface area contributed by atoms with Crippen molar-refractivity contribution in [2.45, 2.75) is 39.7 Å². The third-order valence-corrected chi connectivity index (χ3v) is 5.62. The van der Waals surface area contributed by atoms with E-state index in [9.17, 15) is 9.59 Å². The zero-order chi connectivity index (χ0) is 22.0. The highest BCUT2D eigenvalue weighted by molar-refractivity contribution is 6.02. The molecule has 1 amide bonds. The molecule has 1 atom stereocenters. The molecule has 3 aromatic rings. The summed E-state index contributed by atoms with van der Waals surface area (Å²) in [5.41, 5.74) is 4.02. The van der Waals surface area contributed by atoms with Crippen molar-refractivity contribution in [2.75, 3.05) is 23.3 Å². The second-order valence-electron chi connectivity index (χ2n) is 8.10. The Morgan fingerprint density at radius 3 is 2.55 bits per heavy atom. The highest BCUT2D eigenvalue weighted by Gasteiger charge is 2.26. The van der Waals surface area contributed by atoms with Gasteiger partial charge in [0.2, 0.25) is 0 Å². The van der Waals surface area contributed by atoms with Crippen molar-refractivity contribution in [3.63, 3.8) is 0 Å². The average Bonchev–Trinajstić information content (AvgIpc) is 3.29. The SMILES string of the molecule is Cc1ccc(NC(=O)C(C)OC(=O)c2cc3ccccc3nc2N2CCCC2)c(C)c1. The number of ether oxygens (including phenoxy) is 1. The van der Waals surface area contributed by atoms with Crippen LogP contribution in [0.1, 0.15) is 41.3 Å².